The number of amides is 1. The van der Waals surface area contributed by atoms with Gasteiger partial charge in [0, 0.05) is 31.8 Å². The van der Waals surface area contributed by atoms with Crippen molar-refractivity contribution in [2.45, 2.75) is 71.9 Å². The molecule has 0 unspecified atom stereocenters. The van der Waals surface area contributed by atoms with E-state index >= 15 is 0 Å². The third-order valence-corrected chi connectivity index (χ3v) is 6.27. The van der Waals surface area contributed by atoms with E-state index in [0.29, 0.717) is 6.42 Å². The molecule has 2 rings (SSSR count). The van der Waals surface area contributed by atoms with Crippen LogP contribution in [0.2, 0.25) is 0 Å². The fraction of sp³-hybridized carbons (Fsp3) is 0.857. The van der Waals surface area contributed by atoms with Crippen LogP contribution < -0.4 is 5.32 Å². The van der Waals surface area contributed by atoms with Gasteiger partial charge in [0.05, 0.1) is 24.7 Å². The molecule has 154 valence electrons. The monoisotopic (exact) mass is 381 g/mol. The summed E-state index contributed by atoms with van der Waals surface area (Å²) in [7, 11) is 3.02. The molecule has 0 aromatic heterocycles. The van der Waals surface area contributed by atoms with Crippen LogP contribution in [0.25, 0.3) is 0 Å². The molecule has 0 aliphatic heterocycles. The molecule has 2 aliphatic carbocycles. The number of carbonyl (C=O) groups excluding carboxylic acids is 3. The minimum Gasteiger partial charge on any atom is -0.469 e. The number of carbonyl (C=O) groups is 3. The van der Waals surface area contributed by atoms with Crippen LogP contribution in [0, 0.1) is 29.1 Å². The highest BCUT2D eigenvalue weighted by molar-refractivity contribution is 5.87. The largest absolute Gasteiger partial charge is 0.469 e. The summed E-state index contributed by atoms with van der Waals surface area (Å²) in [5, 5.41) is 3.19. The highest BCUT2D eigenvalue weighted by Crippen LogP contribution is 2.63. The van der Waals surface area contributed by atoms with E-state index < -0.39 is 11.5 Å². The molecule has 6 atom stereocenters. The Bertz CT molecular complexity index is 596. The highest BCUT2D eigenvalue weighted by Gasteiger charge is 2.70. The number of ketones is 1. The maximum Gasteiger partial charge on any atom is 0.309 e. The predicted molar refractivity (Wildman–Crippen MR) is 102 cm³/mol. The van der Waals surface area contributed by atoms with Crippen LogP contribution in [0.15, 0.2) is 0 Å². The number of Topliss-reactive ketones (excluding diaryl/α,β-unsaturated/α-hetero) is 1. The summed E-state index contributed by atoms with van der Waals surface area (Å²) in [5.74, 6) is -0.538. The quantitative estimate of drug-likeness (QED) is 0.654. The van der Waals surface area contributed by atoms with Crippen molar-refractivity contribution in [2.24, 2.45) is 29.1 Å². The molecule has 0 aromatic rings. The van der Waals surface area contributed by atoms with Crippen LogP contribution >= 0.6 is 0 Å². The molecule has 1 N–H and O–H groups in total. The maximum absolute atomic E-state index is 12.9. The van der Waals surface area contributed by atoms with Gasteiger partial charge in [-0.15, -0.1) is 0 Å². The van der Waals surface area contributed by atoms with Crippen LogP contribution in [-0.2, 0) is 23.9 Å². The summed E-state index contributed by atoms with van der Waals surface area (Å²) in [6.07, 6.45) is 2.12. The van der Waals surface area contributed by atoms with Gasteiger partial charge < -0.3 is 14.8 Å². The third-order valence-electron chi connectivity index (χ3n) is 6.27. The first kappa shape index (κ1) is 21.9. The summed E-state index contributed by atoms with van der Waals surface area (Å²) in [6, 6.07) is 0. The summed E-state index contributed by atoms with van der Waals surface area (Å²) in [5.41, 5.74) is -0.657. The normalized spacial score (nSPS) is 31.6. The zero-order chi connectivity index (χ0) is 20.6. The Morgan fingerprint density at radius 1 is 1.19 bits per heavy atom. The van der Waals surface area contributed by atoms with Crippen LogP contribution in [0.5, 0.6) is 0 Å². The van der Waals surface area contributed by atoms with E-state index in [9.17, 15) is 14.4 Å². The number of ether oxygens (including phenoxy) is 2. The SMILES string of the molecule is COC(=O)[C@H]1[C@@H]2CC[C@@](NC(=O)[C@H](C)CC(=O)CC(C)(C)C)([C@@H](C)OC)[C@@H]21. The molecule has 6 heteroatoms. The van der Waals surface area contributed by atoms with Gasteiger partial charge in [0.2, 0.25) is 5.91 Å². The minimum atomic E-state index is -0.573. The number of hydrogen-bond acceptors (Lipinski definition) is 5. The molecule has 0 aromatic carbocycles. The number of esters is 1. The van der Waals surface area contributed by atoms with Crippen molar-refractivity contribution < 1.29 is 23.9 Å². The van der Waals surface area contributed by atoms with Gasteiger partial charge in [-0.05, 0) is 31.1 Å². The summed E-state index contributed by atoms with van der Waals surface area (Å²) >= 11 is 0. The van der Waals surface area contributed by atoms with Crippen LogP contribution in [0.4, 0.5) is 0 Å². The predicted octanol–water partition coefficient (Wildman–Crippen LogP) is 2.74. The van der Waals surface area contributed by atoms with Gasteiger partial charge in [-0.3, -0.25) is 14.4 Å². The second-order valence-electron chi connectivity index (χ2n) is 9.57. The fourth-order valence-corrected chi connectivity index (χ4v) is 4.85. The Labute approximate surface area is 162 Å². The fourth-order valence-electron chi connectivity index (χ4n) is 4.85. The summed E-state index contributed by atoms with van der Waals surface area (Å²) < 4.78 is 10.5. The number of rotatable bonds is 8. The van der Waals surface area contributed by atoms with Crippen molar-refractivity contribution in [3.8, 4) is 0 Å². The van der Waals surface area contributed by atoms with Crippen molar-refractivity contribution in [1.82, 2.24) is 5.32 Å². The van der Waals surface area contributed by atoms with E-state index in [1.165, 1.54) is 7.11 Å². The Hall–Kier alpha value is -1.43. The second kappa shape index (κ2) is 7.90. The lowest BCUT2D eigenvalue weighted by Gasteiger charge is -2.39. The lowest BCUT2D eigenvalue weighted by molar-refractivity contribution is -0.144. The zero-order valence-electron chi connectivity index (χ0n) is 17.8. The van der Waals surface area contributed by atoms with Crippen molar-refractivity contribution in [3.05, 3.63) is 0 Å². The maximum atomic E-state index is 12.9. The smallest absolute Gasteiger partial charge is 0.309 e. The molecule has 27 heavy (non-hydrogen) atoms. The van der Waals surface area contributed by atoms with E-state index in [1.807, 2.05) is 27.7 Å². The molecule has 0 heterocycles. The first-order valence-corrected chi connectivity index (χ1v) is 9.91. The minimum absolute atomic E-state index is 0.0429. The molecule has 0 radical (unpaired) electrons. The Balaban J connectivity index is 2.08. The summed E-state index contributed by atoms with van der Waals surface area (Å²) in [6.45, 7) is 9.78. The van der Waals surface area contributed by atoms with Crippen LogP contribution in [-0.4, -0.2) is 43.5 Å². The molecular weight excluding hydrogens is 346 g/mol. The second-order valence-corrected chi connectivity index (χ2v) is 9.57. The molecule has 0 bridgehead atoms. The van der Waals surface area contributed by atoms with E-state index in [4.69, 9.17) is 9.47 Å². The molecule has 6 nitrogen and oxygen atoms in total. The van der Waals surface area contributed by atoms with E-state index in [0.717, 1.165) is 12.8 Å². The molecule has 0 spiro atoms. The Morgan fingerprint density at radius 3 is 2.33 bits per heavy atom. The Morgan fingerprint density at radius 2 is 1.81 bits per heavy atom. The average Bonchev–Trinajstić information content (AvgIpc) is 3.19. The van der Waals surface area contributed by atoms with Gasteiger partial charge in [0.15, 0.2) is 0 Å². The molecule has 0 saturated heterocycles. The number of hydrogen-bond donors (Lipinski definition) is 1. The molecular formula is C21H35NO5. The lowest BCUT2D eigenvalue weighted by atomic mass is 9.83. The summed E-state index contributed by atoms with van der Waals surface area (Å²) in [4.78, 5) is 37.2. The van der Waals surface area contributed by atoms with Gasteiger partial charge in [0.25, 0.3) is 0 Å². The van der Waals surface area contributed by atoms with Crippen molar-refractivity contribution in [2.75, 3.05) is 14.2 Å². The zero-order valence-corrected chi connectivity index (χ0v) is 17.8. The van der Waals surface area contributed by atoms with Gasteiger partial charge in [0.1, 0.15) is 5.78 Å². The molecule has 2 saturated carbocycles. The van der Waals surface area contributed by atoms with Gasteiger partial charge in [-0.25, -0.2) is 0 Å². The topological polar surface area (TPSA) is 81.7 Å². The van der Waals surface area contributed by atoms with Crippen LogP contribution in [0.1, 0.15) is 60.3 Å². The third kappa shape index (κ3) is 4.53. The van der Waals surface area contributed by atoms with Gasteiger partial charge in [-0.1, -0.05) is 27.7 Å². The number of nitrogens with one attached hydrogen (secondary N) is 1. The number of methoxy groups -OCH3 is 2. The first-order chi connectivity index (χ1) is 12.5. The van der Waals surface area contributed by atoms with E-state index in [-0.39, 0.29) is 53.4 Å². The van der Waals surface area contributed by atoms with Gasteiger partial charge in [-0.2, -0.15) is 0 Å². The van der Waals surface area contributed by atoms with E-state index in [2.05, 4.69) is 5.32 Å². The van der Waals surface area contributed by atoms with Crippen molar-refractivity contribution in [3.63, 3.8) is 0 Å². The Kier molecular flexibility index (Phi) is 6.40. The molecule has 1 amide bonds. The number of fused-ring (bicyclic) bond motifs is 1. The van der Waals surface area contributed by atoms with E-state index in [1.54, 1.807) is 14.0 Å². The molecule has 2 aliphatic rings. The lowest BCUT2D eigenvalue weighted by Crippen LogP contribution is -2.58. The first-order valence-electron chi connectivity index (χ1n) is 9.91. The molecule has 2 fully saturated rings. The standard InChI is InChI=1S/C21H35NO5/c1-12(10-14(23)11-20(3,4)5)18(24)22-21(13(2)26-6)9-8-15-16(17(15)21)19(25)27-7/h12-13,15-17H,8-11H2,1-7H3,(H,22,24)/t12-,13-,15+,16+,17+,21-/m1/s1. The van der Waals surface area contributed by atoms with Gasteiger partial charge >= 0.3 is 5.97 Å². The highest BCUT2D eigenvalue weighted by atomic mass is 16.5. The van der Waals surface area contributed by atoms with Crippen molar-refractivity contribution >= 4 is 17.7 Å². The van der Waals surface area contributed by atoms with Crippen molar-refractivity contribution in [1.29, 1.82) is 0 Å². The van der Waals surface area contributed by atoms with Crippen LogP contribution in [0.3, 0.4) is 0 Å². The average molecular weight is 382 g/mol.